The number of nitrogens with zero attached hydrogens (tertiary/aromatic N) is 1. The third kappa shape index (κ3) is 1.39. The second kappa shape index (κ2) is 3.00. The number of nitrogens with two attached hydrogens (primary N) is 1. The second-order valence-electron chi connectivity index (χ2n) is 2.16. The molecule has 0 aromatic heterocycles. The first-order chi connectivity index (χ1) is 5.65. The first-order valence-electron chi connectivity index (χ1n) is 3.11. The molecule has 1 aromatic rings. The standard InChI is InChI=1S/C7H6N2O3/c8-7(11)4-1-2-6(10)5(3-4)9-12/h1-3,10H,(H2,8,11). The van der Waals surface area contributed by atoms with Crippen molar-refractivity contribution in [1.82, 2.24) is 0 Å². The van der Waals surface area contributed by atoms with Crippen molar-refractivity contribution in [2.75, 3.05) is 0 Å². The molecular weight excluding hydrogens is 160 g/mol. The maximum atomic E-state index is 10.6. The first kappa shape index (κ1) is 8.19. The van der Waals surface area contributed by atoms with Gasteiger partial charge in [0.15, 0.2) is 0 Å². The van der Waals surface area contributed by atoms with Gasteiger partial charge in [-0.1, -0.05) is 0 Å². The summed E-state index contributed by atoms with van der Waals surface area (Å²) in [6.07, 6.45) is 0. The summed E-state index contributed by atoms with van der Waals surface area (Å²) in [6, 6.07) is 3.63. The third-order valence-corrected chi connectivity index (χ3v) is 1.36. The molecule has 0 aliphatic heterocycles. The highest BCUT2D eigenvalue weighted by Gasteiger charge is 2.05. The van der Waals surface area contributed by atoms with Crippen LogP contribution in [0.3, 0.4) is 0 Å². The zero-order valence-electron chi connectivity index (χ0n) is 6.02. The fraction of sp³-hybridized carbons (Fsp3) is 0. The Labute approximate surface area is 67.8 Å². The lowest BCUT2D eigenvalue weighted by Gasteiger charge is -1.97. The highest BCUT2D eigenvalue weighted by molar-refractivity contribution is 5.94. The number of carbonyl (C=O) groups is 1. The van der Waals surface area contributed by atoms with Crippen molar-refractivity contribution in [2.45, 2.75) is 0 Å². The fourth-order valence-corrected chi connectivity index (χ4v) is 0.750. The topological polar surface area (TPSA) is 92.8 Å². The largest absolute Gasteiger partial charge is 0.506 e. The molecule has 0 spiro atoms. The predicted molar refractivity (Wildman–Crippen MR) is 42.1 cm³/mol. The average molecular weight is 166 g/mol. The van der Waals surface area contributed by atoms with E-state index in [0.717, 1.165) is 6.07 Å². The van der Waals surface area contributed by atoms with Gasteiger partial charge in [0, 0.05) is 5.56 Å². The SMILES string of the molecule is NC(=O)c1ccc(O)c(N=O)c1. The van der Waals surface area contributed by atoms with Gasteiger partial charge in [-0.3, -0.25) is 4.79 Å². The van der Waals surface area contributed by atoms with Gasteiger partial charge in [-0.25, -0.2) is 0 Å². The normalized spacial score (nSPS) is 9.33. The van der Waals surface area contributed by atoms with Crippen molar-refractivity contribution in [2.24, 2.45) is 10.9 Å². The van der Waals surface area contributed by atoms with Crippen molar-refractivity contribution in [1.29, 1.82) is 0 Å². The van der Waals surface area contributed by atoms with Crippen LogP contribution in [0.15, 0.2) is 23.4 Å². The van der Waals surface area contributed by atoms with Crippen LogP contribution in [0.1, 0.15) is 10.4 Å². The highest BCUT2D eigenvalue weighted by Crippen LogP contribution is 2.26. The lowest BCUT2D eigenvalue weighted by molar-refractivity contribution is 0.100. The maximum Gasteiger partial charge on any atom is 0.248 e. The molecule has 5 heteroatoms. The molecule has 62 valence electrons. The Morgan fingerprint density at radius 2 is 2.17 bits per heavy atom. The summed E-state index contributed by atoms with van der Waals surface area (Å²) in [5.41, 5.74) is 4.88. The number of phenolic OH excluding ortho intramolecular Hbond substituents is 1. The Bertz CT molecular complexity index is 335. The summed E-state index contributed by atoms with van der Waals surface area (Å²) in [5.74, 6) is -0.935. The van der Waals surface area contributed by atoms with Crippen molar-refractivity contribution in [3.8, 4) is 5.75 Å². The molecule has 1 rings (SSSR count). The van der Waals surface area contributed by atoms with E-state index in [0.29, 0.717) is 0 Å². The van der Waals surface area contributed by atoms with Crippen LogP contribution in [-0.4, -0.2) is 11.0 Å². The Balaban J connectivity index is 3.22. The van der Waals surface area contributed by atoms with Crippen LogP contribution in [0, 0.1) is 4.91 Å². The smallest absolute Gasteiger partial charge is 0.248 e. The molecular formula is C7H6N2O3. The summed E-state index contributed by atoms with van der Waals surface area (Å²) in [5, 5.41) is 11.5. The predicted octanol–water partition coefficient (Wildman–Crippen LogP) is 0.889. The van der Waals surface area contributed by atoms with E-state index in [2.05, 4.69) is 5.18 Å². The molecule has 12 heavy (non-hydrogen) atoms. The second-order valence-corrected chi connectivity index (χ2v) is 2.16. The number of benzene rings is 1. The summed E-state index contributed by atoms with van der Waals surface area (Å²) in [7, 11) is 0. The van der Waals surface area contributed by atoms with Crippen LogP contribution in [0.5, 0.6) is 5.75 Å². The van der Waals surface area contributed by atoms with Crippen molar-refractivity contribution in [3.05, 3.63) is 28.7 Å². The highest BCUT2D eigenvalue weighted by atomic mass is 16.3. The van der Waals surface area contributed by atoms with Crippen LogP contribution < -0.4 is 5.73 Å². The summed E-state index contributed by atoms with van der Waals surface area (Å²) >= 11 is 0. The van der Waals surface area contributed by atoms with E-state index in [1.165, 1.54) is 12.1 Å². The van der Waals surface area contributed by atoms with E-state index in [9.17, 15) is 9.70 Å². The lowest BCUT2D eigenvalue weighted by atomic mass is 10.2. The molecule has 0 saturated heterocycles. The van der Waals surface area contributed by atoms with Gasteiger partial charge >= 0.3 is 0 Å². The van der Waals surface area contributed by atoms with Gasteiger partial charge in [-0.15, -0.1) is 4.91 Å². The van der Waals surface area contributed by atoms with Gasteiger partial charge in [0.05, 0.1) is 0 Å². The molecule has 0 bridgehead atoms. The van der Waals surface area contributed by atoms with E-state index < -0.39 is 5.91 Å². The van der Waals surface area contributed by atoms with Gasteiger partial charge in [0.1, 0.15) is 11.4 Å². The number of nitroso groups, excluding NO2 is 1. The van der Waals surface area contributed by atoms with E-state index in [1.807, 2.05) is 0 Å². The molecule has 0 radical (unpaired) electrons. The number of hydrogen-bond donors (Lipinski definition) is 2. The summed E-state index contributed by atoms with van der Waals surface area (Å²) < 4.78 is 0. The molecule has 0 unspecified atom stereocenters. The van der Waals surface area contributed by atoms with Gasteiger partial charge in [-0.2, -0.15) is 0 Å². The number of rotatable bonds is 2. The summed E-state index contributed by atoms with van der Waals surface area (Å²) in [4.78, 5) is 20.6. The van der Waals surface area contributed by atoms with Crippen molar-refractivity contribution in [3.63, 3.8) is 0 Å². The summed E-state index contributed by atoms with van der Waals surface area (Å²) in [6.45, 7) is 0. The van der Waals surface area contributed by atoms with Gasteiger partial charge < -0.3 is 10.8 Å². The lowest BCUT2D eigenvalue weighted by Crippen LogP contribution is -2.10. The minimum Gasteiger partial charge on any atom is -0.506 e. The van der Waals surface area contributed by atoms with E-state index in [4.69, 9.17) is 10.8 Å². The number of primary amides is 1. The van der Waals surface area contributed by atoms with Crippen molar-refractivity contribution < 1.29 is 9.90 Å². The van der Waals surface area contributed by atoms with Crippen LogP contribution in [0.2, 0.25) is 0 Å². The van der Waals surface area contributed by atoms with E-state index in [1.54, 1.807) is 0 Å². The molecule has 0 aliphatic rings. The van der Waals surface area contributed by atoms with Gasteiger partial charge in [0.2, 0.25) is 5.91 Å². The first-order valence-corrected chi connectivity index (χ1v) is 3.11. The molecule has 0 fully saturated rings. The monoisotopic (exact) mass is 166 g/mol. The molecule has 3 N–H and O–H groups in total. The minimum absolute atomic E-state index is 0.141. The van der Waals surface area contributed by atoms with Crippen LogP contribution in [0.25, 0.3) is 0 Å². The third-order valence-electron chi connectivity index (χ3n) is 1.36. The Hall–Kier alpha value is -1.91. The van der Waals surface area contributed by atoms with E-state index in [-0.39, 0.29) is 17.0 Å². The number of phenols is 1. The number of aromatic hydroxyl groups is 1. The van der Waals surface area contributed by atoms with E-state index >= 15 is 0 Å². The Kier molecular flexibility index (Phi) is 2.05. The molecule has 5 nitrogen and oxygen atoms in total. The maximum absolute atomic E-state index is 10.6. The van der Waals surface area contributed by atoms with Crippen molar-refractivity contribution >= 4 is 11.6 Å². The quantitative estimate of drug-likeness (QED) is 0.639. The molecule has 0 atom stereocenters. The molecule has 0 aliphatic carbocycles. The number of hydrogen-bond acceptors (Lipinski definition) is 4. The van der Waals surface area contributed by atoms with Crippen LogP contribution in [-0.2, 0) is 0 Å². The number of amides is 1. The molecule has 0 heterocycles. The fourth-order valence-electron chi connectivity index (χ4n) is 0.750. The molecule has 1 aromatic carbocycles. The van der Waals surface area contributed by atoms with Gasteiger partial charge in [-0.05, 0) is 23.4 Å². The molecule has 0 saturated carbocycles. The average Bonchev–Trinajstić information content (AvgIpc) is 2.05. The Morgan fingerprint density at radius 1 is 1.50 bits per heavy atom. The Morgan fingerprint density at radius 3 is 2.67 bits per heavy atom. The number of carbonyl (C=O) groups excluding carboxylic acids is 1. The van der Waals surface area contributed by atoms with Crippen LogP contribution >= 0.6 is 0 Å². The zero-order chi connectivity index (χ0) is 9.14. The minimum atomic E-state index is -0.667. The molecule has 1 amide bonds. The van der Waals surface area contributed by atoms with Crippen LogP contribution in [0.4, 0.5) is 5.69 Å². The van der Waals surface area contributed by atoms with Gasteiger partial charge in [0.25, 0.3) is 0 Å². The zero-order valence-corrected chi connectivity index (χ0v) is 6.02.